The highest BCUT2D eigenvalue weighted by Crippen LogP contribution is 2.41. The van der Waals surface area contributed by atoms with Gasteiger partial charge in [0, 0.05) is 15.6 Å². The zero-order valence-electron chi connectivity index (χ0n) is 19.4. The van der Waals surface area contributed by atoms with E-state index < -0.39 is 10.1 Å². The Bertz CT molecular complexity index is 1400. The van der Waals surface area contributed by atoms with Gasteiger partial charge >= 0.3 is 0 Å². The molecule has 0 saturated carbocycles. The summed E-state index contributed by atoms with van der Waals surface area (Å²) < 4.78 is 44.0. The van der Waals surface area contributed by atoms with Crippen LogP contribution in [0.3, 0.4) is 0 Å². The molecule has 4 aromatic carbocycles. The van der Waals surface area contributed by atoms with Crippen molar-refractivity contribution in [2.75, 3.05) is 0 Å². The second kappa shape index (κ2) is 11.2. The maximum Gasteiger partial charge on any atom is 0.127 e. The molecule has 0 N–H and O–H groups in total. The number of hydrogen-bond acceptors (Lipinski definition) is 4. The van der Waals surface area contributed by atoms with Crippen molar-refractivity contribution in [3.63, 3.8) is 0 Å². The Hall–Kier alpha value is -2.93. The van der Waals surface area contributed by atoms with Crippen molar-refractivity contribution in [3.05, 3.63) is 118 Å². The van der Waals surface area contributed by atoms with Gasteiger partial charge in [-0.2, -0.15) is 0 Å². The van der Waals surface area contributed by atoms with Crippen LogP contribution in [-0.4, -0.2) is 13.0 Å². The summed E-state index contributed by atoms with van der Waals surface area (Å²) in [6.07, 6.45) is 2.29. The Labute approximate surface area is 215 Å². The van der Waals surface area contributed by atoms with Crippen LogP contribution in [0.1, 0.15) is 28.7 Å². The van der Waals surface area contributed by atoms with E-state index in [-0.39, 0.29) is 4.90 Å². The van der Waals surface area contributed by atoms with Crippen molar-refractivity contribution in [3.8, 4) is 16.9 Å². The average Bonchev–Trinajstić information content (AvgIpc) is 2.84. The topological polar surface area (TPSA) is 66.4 Å². The maximum absolute atomic E-state index is 12.4. The zero-order valence-corrected chi connectivity index (χ0v) is 21.8. The first-order valence-electron chi connectivity index (χ1n) is 11.4. The first-order valence-corrected chi connectivity index (χ1v) is 13.6. The quantitative estimate of drug-likeness (QED) is 0.209. The van der Waals surface area contributed by atoms with Crippen LogP contribution in [0, 0.1) is 6.92 Å². The first kappa shape index (κ1) is 25.2. The molecule has 0 atom stereocenters. The molecule has 6 heteroatoms. The Kier molecular flexibility index (Phi) is 8.06. The minimum Gasteiger partial charge on any atom is -0.744 e. The van der Waals surface area contributed by atoms with Crippen LogP contribution in [0.25, 0.3) is 11.1 Å². The molecule has 0 aromatic heterocycles. The molecule has 4 rings (SSSR count). The monoisotopic (exact) mass is 549 g/mol. The molecule has 4 nitrogen and oxygen atoms in total. The molecule has 0 spiro atoms. The summed E-state index contributed by atoms with van der Waals surface area (Å²) in [5.74, 6) is 0.525. The summed E-state index contributed by atoms with van der Waals surface area (Å²) in [7, 11) is -4.72. The van der Waals surface area contributed by atoms with Gasteiger partial charge in [0.25, 0.3) is 0 Å². The average molecular weight is 550 g/mol. The largest absolute Gasteiger partial charge is 0.744 e. The summed E-state index contributed by atoms with van der Waals surface area (Å²) in [5, 5.41) is 0. The van der Waals surface area contributed by atoms with Crippen LogP contribution in [0.5, 0.6) is 5.75 Å². The fourth-order valence-corrected chi connectivity index (χ4v) is 5.31. The SMILES string of the molecule is Cc1ccc(S(=O)(=O)[O-])c(-c2cc(Br)ccc2OCc2ccccc2)c1CCCc1ccccc1. The lowest BCUT2D eigenvalue weighted by molar-refractivity contribution is 0.307. The Morgan fingerprint density at radius 1 is 0.829 bits per heavy atom. The van der Waals surface area contributed by atoms with E-state index in [1.54, 1.807) is 12.1 Å². The highest BCUT2D eigenvalue weighted by Gasteiger charge is 2.21. The van der Waals surface area contributed by atoms with Gasteiger partial charge in [0.1, 0.15) is 22.5 Å². The van der Waals surface area contributed by atoms with Gasteiger partial charge in [-0.3, -0.25) is 0 Å². The number of rotatable bonds is 9. The number of benzene rings is 4. The van der Waals surface area contributed by atoms with Gasteiger partial charge in [-0.05, 0) is 72.7 Å². The predicted octanol–water partition coefficient (Wildman–Crippen LogP) is 7.08. The molecule has 0 aliphatic rings. The van der Waals surface area contributed by atoms with Crippen LogP contribution >= 0.6 is 15.9 Å². The Morgan fingerprint density at radius 2 is 1.49 bits per heavy atom. The lowest BCUT2D eigenvalue weighted by atomic mass is 9.91. The summed E-state index contributed by atoms with van der Waals surface area (Å²) in [6.45, 7) is 2.27. The fraction of sp³-hybridized carbons (Fsp3) is 0.172. The summed E-state index contributed by atoms with van der Waals surface area (Å²) in [4.78, 5) is -0.222. The van der Waals surface area contributed by atoms with E-state index in [0.29, 0.717) is 29.9 Å². The zero-order chi connectivity index (χ0) is 24.8. The number of hydrogen-bond donors (Lipinski definition) is 0. The summed E-state index contributed by atoms with van der Waals surface area (Å²) in [6, 6.07) is 28.5. The molecule has 0 bridgehead atoms. The molecule has 0 aliphatic carbocycles. The third-order valence-corrected chi connectivity index (χ3v) is 7.33. The molecule has 0 saturated heterocycles. The van der Waals surface area contributed by atoms with E-state index in [0.717, 1.165) is 34.0 Å². The molecule has 0 heterocycles. The lowest BCUT2D eigenvalue weighted by Crippen LogP contribution is -2.07. The van der Waals surface area contributed by atoms with Gasteiger partial charge in [0.15, 0.2) is 0 Å². The van der Waals surface area contributed by atoms with Gasteiger partial charge in [0.05, 0.1) is 4.90 Å². The molecular weight excluding hydrogens is 524 g/mol. The second-order valence-electron chi connectivity index (χ2n) is 8.44. The van der Waals surface area contributed by atoms with Gasteiger partial charge < -0.3 is 9.29 Å². The Balaban J connectivity index is 1.77. The molecule has 35 heavy (non-hydrogen) atoms. The molecule has 0 aliphatic heterocycles. The van der Waals surface area contributed by atoms with E-state index in [1.165, 1.54) is 11.6 Å². The van der Waals surface area contributed by atoms with Gasteiger partial charge in [-0.25, -0.2) is 8.42 Å². The van der Waals surface area contributed by atoms with Crippen molar-refractivity contribution < 1.29 is 17.7 Å². The predicted molar refractivity (Wildman–Crippen MR) is 142 cm³/mol. The normalized spacial score (nSPS) is 11.4. The third-order valence-electron chi connectivity index (χ3n) is 5.96. The third kappa shape index (κ3) is 6.40. The summed E-state index contributed by atoms with van der Waals surface area (Å²) in [5.41, 5.74) is 5.01. The molecule has 180 valence electrons. The minimum absolute atomic E-state index is 0.222. The number of halogens is 1. The molecule has 0 amide bonds. The van der Waals surface area contributed by atoms with Crippen molar-refractivity contribution in [2.24, 2.45) is 0 Å². The lowest BCUT2D eigenvalue weighted by Gasteiger charge is -2.22. The van der Waals surface area contributed by atoms with Gasteiger partial charge in [-0.1, -0.05) is 82.7 Å². The molecular formula is C29H26BrO4S-. The van der Waals surface area contributed by atoms with Crippen molar-refractivity contribution in [2.45, 2.75) is 37.7 Å². The van der Waals surface area contributed by atoms with E-state index in [9.17, 15) is 13.0 Å². The van der Waals surface area contributed by atoms with Crippen LogP contribution in [0.4, 0.5) is 0 Å². The summed E-state index contributed by atoms with van der Waals surface area (Å²) >= 11 is 3.51. The minimum atomic E-state index is -4.72. The van der Waals surface area contributed by atoms with Crippen molar-refractivity contribution >= 4 is 26.0 Å². The van der Waals surface area contributed by atoms with Crippen LogP contribution in [0.2, 0.25) is 0 Å². The second-order valence-corrected chi connectivity index (χ2v) is 10.7. The van der Waals surface area contributed by atoms with E-state index in [1.807, 2.05) is 67.6 Å². The van der Waals surface area contributed by atoms with Crippen molar-refractivity contribution in [1.82, 2.24) is 0 Å². The van der Waals surface area contributed by atoms with Gasteiger partial charge in [-0.15, -0.1) is 0 Å². The number of aryl methyl sites for hydroxylation is 2. The van der Waals surface area contributed by atoms with Crippen LogP contribution < -0.4 is 4.74 Å². The number of ether oxygens (including phenoxy) is 1. The van der Waals surface area contributed by atoms with Crippen molar-refractivity contribution in [1.29, 1.82) is 0 Å². The molecule has 0 unspecified atom stereocenters. The molecule has 0 radical (unpaired) electrons. The molecule has 0 fully saturated rings. The fourth-order valence-electron chi connectivity index (χ4n) is 4.23. The Morgan fingerprint density at radius 3 is 2.14 bits per heavy atom. The highest BCUT2D eigenvalue weighted by molar-refractivity contribution is 9.10. The maximum atomic E-state index is 12.4. The molecule has 4 aromatic rings. The van der Waals surface area contributed by atoms with Gasteiger partial charge in [0.2, 0.25) is 0 Å². The van der Waals surface area contributed by atoms with E-state index in [4.69, 9.17) is 4.74 Å². The highest BCUT2D eigenvalue weighted by atomic mass is 79.9. The van der Waals surface area contributed by atoms with E-state index in [2.05, 4.69) is 28.1 Å². The standard InChI is InChI=1S/C29H27BrO4S/c1-21-15-18-28(35(31,32)33)29(25(21)14-8-13-22-9-4-2-5-10-22)26-19-24(30)16-17-27(26)34-20-23-11-6-3-7-12-23/h2-7,9-12,15-19H,8,13-14,20H2,1H3,(H,31,32,33)/p-1. The van der Waals surface area contributed by atoms with E-state index >= 15 is 0 Å². The first-order chi connectivity index (χ1) is 16.8. The van der Waals surface area contributed by atoms with Crippen LogP contribution in [0.15, 0.2) is 100 Å². The van der Waals surface area contributed by atoms with Crippen LogP contribution in [-0.2, 0) is 29.6 Å². The smallest absolute Gasteiger partial charge is 0.127 e.